The third-order valence-corrected chi connectivity index (χ3v) is 5.05. The van der Waals surface area contributed by atoms with E-state index in [0.717, 1.165) is 18.5 Å². The molecule has 27 heavy (non-hydrogen) atoms. The summed E-state index contributed by atoms with van der Waals surface area (Å²) in [6.45, 7) is 3.28. The number of primary amides is 1. The van der Waals surface area contributed by atoms with Gasteiger partial charge in [-0.05, 0) is 36.2 Å². The zero-order valence-corrected chi connectivity index (χ0v) is 16.4. The maximum Gasteiger partial charge on any atom is 0.251 e. The molecule has 7 nitrogen and oxygen atoms in total. The molecular weight excluding hydrogens is 362 g/mol. The van der Waals surface area contributed by atoms with Gasteiger partial charge in [-0.1, -0.05) is 19.1 Å². The monoisotopic (exact) mass is 387 g/mol. The van der Waals surface area contributed by atoms with Crippen LogP contribution in [0.1, 0.15) is 32.6 Å². The zero-order valence-electron chi connectivity index (χ0n) is 15.5. The fourth-order valence-corrected chi connectivity index (χ4v) is 3.23. The van der Waals surface area contributed by atoms with E-state index in [0.29, 0.717) is 18.1 Å². The lowest BCUT2D eigenvalue weighted by atomic mass is 10.1. The minimum absolute atomic E-state index is 0.172. The lowest BCUT2D eigenvalue weighted by Crippen LogP contribution is -2.36. The molecule has 2 amide bonds. The summed E-state index contributed by atoms with van der Waals surface area (Å²) in [5.74, 6) is -0.186. The van der Waals surface area contributed by atoms with Crippen molar-refractivity contribution >= 4 is 29.1 Å². The molecule has 0 fully saturated rings. The van der Waals surface area contributed by atoms with Gasteiger partial charge in [0.2, 0.25) is 5.91 Å². The number of thiophene rings is 1. The Labute approximate surface area is 163 Å². The number of nitrogens with zero attached hydrogens (tertiary/aromatic N) is 1. The van der Waals surface area contributed by atoms with Crippen molar-refractivity contribution < 1.29 is 9.59 Å². The number of hydrogen-bond donors (Lipinski definition) is 4. The second-order valence-corrected chi connectivity index (χ2v) is 7.10. The average molecular weight is 388 g/mol. The number of aryl methyl sites for hydroxylation is 1. The highest BCUT2D eigenvalue weighted by Crippen LogP contribution is 2.16. The van der Waals surface area contributed by atoms with Crippen LogP contribution in [0.25, 0.3) is 0 Å². The van der Waals surface area contributed by atoms with Crippen LogP contribution < -0.4 is 21.7 Å². The Morgan fingerprint density at radius 3 is 2.26 bits per heavy atom. The van der Waals surface area contributed by atoms with Gasteiger partial charge >= 0.3 is 0 Å². The number of nitrogens with one attached hydrogen (secondary N) is 3. The third kappa shape index (κ3) is 6.74. The van der Waals surface area contributed by atoms with E-state index < -0.39 is 5.91 Å². The summed E-state index contributed by atoms with van der Waals surface area (Å²) in [5.41, 5.74) is 6.50. The molecule has 0 aliphatic heterocycles. The highest BCUT2D eigenvalue weighted by Gasteiger charge is 2.06. The SMILES string of the molecule is CCc1ccc(CNC(=NC)NCc2ccc(C(=O)NCC(N)=O)cc2)s1. The van der Waals surface area contributed by atoms with Crippen LogP contribution in [0.3, 0.4) is 0 Å². The highest BCUT2D eigenvalue weighted by molar-refractivity contribution is 7.11. The minimum atomic E-state index is -0.573. The number of carbonyl (C=O) groups excluding carboxylic acids is 2. The standard InChI is InChI=1S/C19H25N5O2S/c1-3-15-8-9-16(27-15)11-24-19(21-2)23-10-13-4-6-14(7-5-13)18(26)22-12-17(20)25/h4-9H,3,10-12H2,1-2H3,(H2,20,25)(H,22,26)(H2,21,23,24). The first-order valence-corrected chi connectivity index (χ1v) is 9.51. The summed E-state index contributed by atoms with van der Waals surface area (Å²) in [6.07, 6.45) is 1.05. The molecule has 0 spiro atoms. The van der Waals surface area contributed by atoms with Crippen molar-refractivity contribution in [3.05, 3.63) is 57.3 Å². The minimum Gasteiger partial charge on any atom is -0.368 e. The van der Waals surface area contributed by atoms with Gasteiger partial charge in [0.1, 0.15) is 0 Å². The lowest BCUT2D eigenvalue weighted by molar-refractivity contribution is -0.117. The fourth-order valence-electron chi connectivity index (χ4n) is 2.33. The summed E-state index contributed by atoms with van der Waals surface area (Å²) in [6, 6.07) is 11.4. The van der Waals surface area contributed by atoms with Gasteiger partial charge < -0.3 is 21.7 Å². The third-order valence-electron chi connectivity index (χ3n) is 3.82. The van der Waals surface area contributed by atoms with E-state index >= 15 is 0 Å². The number of rotatable bonds is 8. The molecule has 0 atom stereocenters. The number of amides is 2. The molecule has 2 aromatic rings. The van der Waals surface area contributed by atoms with E-state index in [1.54, 1.807) is 30.5 Å². The van der Waals surface area contributed by atoms with Crippen LogP contribution in [0.4, 0.5) is 0 Å². The Bertz CT molecular complexity index is 799. The molecule has 144 valence electrons. The number of guanidine groups is 1. The van der Waals surface area contributed by atoms with Crippen LogP contribution in [0.15, 0.2) is 41.4 Å². The molecule has 2 rings (SSSR count). The van der Waals surface area contributed by atoms with Gasteiger partial charge in [0, 0.05) is 28.9 Å². The zero-order chi connectivity index (χ0) is 19.6. The van der Waals surface area contributed by atoms with Crippen LogP contribution in [0.5, 0.6) is 0 Å². The van der Waals surface area contributed by atoms with E-state index in [2.05, 4.69) is 40.0 Å². The van der Waals surface area contributed by atoms with E-state index in [9.17, 15) is 9.59 Å². The number of carbonyl (C=O) groups is 2. The van der Waals surface area contributed by atoms with Crippen LogP contribution in [0.2, 0.25) is 0 Å². The van der Waals surface area contributed by atoms with E-state index in [-0.39, 0.29) is 12.5 Å². The van der Waals surface area contributed by atoms with Gasteiger partial charge in [0.25, 0.3) is 5.91 Å². The number of hydrogen-bond acceptors (Lipinski definition) is 4. The second kappa shape index (κ2) is 10.3. The van der Waals surface area contributed by atoms with Crippen LogP contribution in [-0.2, 0) is 24.3 Å². The maximum absolute atomic E-state index is 11.9. The number of benzene rings is 1. The summed E-state index contributed by atoms with van der Waals surface area (Å²) in [5, 5.41) is 9.00. The van der Waals surface area contributed by atoms with Gasteiger partial charge in [-0.25, -0.2) is 0 Å². The van der Waals surface area contributed by atoms with E-state index in [1.807, 2.05) is 12.1 Å². The maximum atomic E-state index is 11.9. The van der Waals surface area contributed by atoms with Crippen LogP contribution >= 0.6 is 11.3 Å². The molecule has 0 unspecified atom stereocenters. The molecule has 1 aromatic carbocycles. The van der Waals surface area contributed by atoms with E-state index in [4.69, 9.17) is 5.73 Å². The molecule has 1 heterocycles. The molecule has 0 bridgehead atoms. The molecule has 0 aliphatic carbocycles. The Morgan fingerprint density at radius 1 is 1.00 bits per heavy atom. The molecule has 8 heteroatoms. The van der Waals surface area contributed by atoms with Crippen molar-refractivity contribution in [3.63, 3.8) is 0 Å². The fraction of sp³-hybridized carbons (Fsp3) is 0.316. The first-order chi connectivity index (χ1) is 13.0. The van der Waals surface area contributed by atoms with Crippen molar-refractivity contribution in [2.45, 2.75) is 26.4 Å². The Morgan fingerprint density at radius 2 is 1.67 bits per heavy atom. The largest absolute Gasteiger partial charge is 0.368 e. The number of aliphatic imine (C=N–C) groups is 1. The first kappa shape index (κ1) is 20.4. The summed E-state index contributed by atoms with van der Waals surface area (Å²) in [4.78, 5) is 29.4. The first-order valence-electron chi connectivity index (χ1n) is 8.69. The van der Waals surface area contributed by atoms with Crippen LogP contribution in [-0.4, -0.2) is 31.4 Å². The Balaban J connectivity index is 1.81. The molecule has 0 radical (unpaired) electrons. The highest BCUT2D eigenvalue weighted by atomic mass is 32.1. The summed E-state index contributed by atoms with van der Waals surface area (Å²) < 4.78 is 0. The molecule has 5 N–H and O–H groups in total. The van der Waals surface area contributed by atoms with Gasteiger partial charge in [0.15, 0.2) is 5.96 Å². The molecular formula is C19H25N5O2S. The quantitative estimate of drug-likeness (QED) is 0.405. The van der Waals surface area contributed by atoms with E-state index in [1.165, 1.54) is 9.75 Å². The molecule has 0 saturated heterocycles. The predicted octanol–water partition coefficient (Wildman–Crippen LogP) is 1.39. The van der Waals surface area contributed by atoms with Crippen molar-refractivity contribution in [3.8, 4) is 0 Å². The predicted molar refractivity (Wildman–Crippen MR) is 109 cm³/mol. The second-order valence-electron chi connectivity index (χ2n) is 5.85. The molecule has 1 aromatic heterocycles. The number of nitrogens with two attached hydrogens (primary N) is 1. The molecule has 0 saturated carbocycles. The normalized spacial score (nSPS) is 11.1. The lowest BCUT2D eigenvalue weighted by Gasteiger charge is -2.11. The molecule has 0 aliphatic rings. The van der Waals surface area contributed by atoms with Gasteiger partial charge in [0.05, 0.1) is 13.1 Å². The topological polar surface area (TPSA) is 109 Å². The summed E-state index contributed by atoms with van der Waals surface area (Å²) in [7, 11) is 1.73. The Hall–Kier alpha value is -2.87. The van der Waals surface area contributed by atoms with Crippen molar-refractivity contribution in [2.24, 2.45) is 10.7 Å². The van der Waals surface area contributed by atoms with Gasteiger partial charge in [-0.15, -0.1) is 11.3 Å². The van der Waals surface area contributed by atoms with Crippen molar-refractivity contribution in [1.29, 1.82) is 0 Å². The van der Waals surface area contributed by atoms with Gasteiger partial charge in [-0.3, -0.25) is 14.6 Å². The summed E-state index contributed by atoms with van der Waals surface area (Å²) >= 11 is 1.80. The van der Waals surface area contributed by atoms with Crippen molar-refractivity contribution in [2.75, 3.05) is 13.6 Å². The average Bonchev–Trinajstić information content (AvgIpc) is 3.14. The van der Waals surface area contributed by atoms with Crippen molar-refractivity contribution in [1.82, 2.24) is 16.0 Å². The van der Waals surface area contributed by atoms with Gasteiger partial charge in [-0.2, -0.15) is 0 Å². The smallest absolute Gasteiger partial charge is 0.251 e. The van der Waals surface area contributed by atoms with Crippen LogP contribution in [0, 0.1) is 0 Å². The Kier molecular flexibility index (Phi) is 7.81.